The van der Waals surface area contributed by atoms with Crippen LogP contribution < -0.4 is 0 Å². The number of ether oxygens (including phenoxy) is 2. The van der Waals surface area contributed by atoms with Crippen LogP contribution in [0.25, 0.3) is 5.57 Å². The van der Waals surface area contributed by atoms with Gasteiger partial charge in [-0.2, -0.15) is 0 Å². The van der Waals surface area contributed by atoms with E-state index in [4.69, 9.17) is 9.47 Å². The monoisotopic (exact) mass is 356 g/mol. The van der Waals surface area contributed by atoms with Gasteiger partial charge in [0.1, 0.15) is 11.4 Å². The third-order valence-electron chi connectivity index (χ3n) is 6.51. The van der Waals surface area contributed by atoms with E-state index >= 15 is 0 Å². The van der Waals surface area contributed by atoms with E-state index in [1.807, 2.05) is 0 Å². The van der Waals surface area contributed by atoms with Gasteiger partial charge in [0.05, 0.1) is 30.1 Å². The Morgan fingerprint density at radius 2 is 1.92 bits per heavy atom. The van der Waals surface area contributed by atoms with Crippen LogP contribution in [-0.2, 0) is 27.1 Å². The minimum atomic E-state index is -0.569. The van der Waals surface area contributed by atoms with Gasteiger partial charge < -0.3 is 14.6 Å². The maximum absolute atomic E-state index is 13.5. The topological polar surface area (TPSA) is 55.8 Å². The molecule has 4 atom stereocenters. The Kier molecular flexibility index (Phi) is 4.24. The number of aliphatic hydroxyl groups excluding tert-OH is 1. The van der Waals surface area contributed by atoms with Crippen molar-refractivity contribution in [3.05, 3.63) is 40.1 Å². The van der Waals surface area contributed by atoms with E-state index in [-0.39, 0.29) is 29.5 Å². The van der Waals surface area contributed by atoms with Crippen LogP contribution in [0.4, 0.5) is 0 Å². The second-order valence-electron chi connectivity index (χ2n) is 7.99. The van der Waals surface area contributed by atoms with Gasteiger partial charge in [0, 0.05) is 7.11 Å². The molecule has 0 unspecified atom stereocenters. The molecular weight excluding hydrogens is 328 g/mol. The summed E-state index contributed by atoms with van der Waals surface area (Å²) in [7, 11) is 1.65. The number of fused-ring (bicyclic) bond motifs is 5. The molecule has 4 heteroatoms. The summed E-state index contributed by atoms with van der Waals surface area (Å²) in [6.07, 6.45) is 3.31. The highest BCUT2D eigenvalue weighted by molar-refractivity contribution is 6.26. The fourth-order valence-electron chi connectivity index (χ4n) is 5.53. The van der Waals surface area contributed by atoms with Crippen molar-refractivity contribution in [3.63, 3.8) is 0 Å². The zero-order valence-electron chi connectivity index (χ0n) is 16.1. The van der Waals surface area contributed by atoms with Gasteiger partial charge in [-0.3, -0.25) is 4.79 Å². The molecule has 3 aliphatic rings. The number of benzene rings is 1. The number of carbonyl (C=O) groups is 1. The molecular formula is C22H28O4. The second-order valence-corrected chi connectivity index (χ2v) is 7.99. The molecule has 2 fully saturated rings. The molecule has 26 heavy (non-hydrogen) atoms. The van der Waals surface area contributed by atoms with Crippen molar-refractivity contribution in [3.8, 4) is 0 Å². The summed E-state index contributed by atoms with van der Waals surface area (Å²) in [4.78, 5) is 13.5. The van der Waals surface area contributed by atoms with Crippen LogP contribution in [0, 0.1) is 18.8 Å². The minimum Gasteiger partial charge on any atom is -0.511 e. The fraction of sp³-hybridized carbons (Fsp3) is 0.591. The lowest BCUT2D eigenvalue weighted by atomic mass is 9.72. The summed E-state index contributed by atoms with van der Waals surface area (Å²) < 4.78 is 11.6. The smallest absolute Gasteiger partial charge is 0.173 e. The van der Waals surface area contributed by atoms with Gasteiger partial charge in [-0.05, 0) is 49.3 Å². The average Bonchev–Trinajstić information content (AvgIpc) is 3.25. The number of aryl methyl sites for hydroxylation is 3. The Bertz CT molecular complexity index is 768. The zero-order valence-corrected chi connectivity index (χ0v) is 16.1. The van der Waals surface area contributed by atoms with Crippen LogP contribution >= 0.6 is 0 Å². The van der Waals surface area contributed by atoms with E-state index < -0.39 is 5.60 Å². The highest BCUT2D eigenvalue weighted by Gasteiger charge is 2.66. The van der Waals surface area contributed by atoms with Crippen molar-refractivity contribution in [2.45, 2.75) is 58.2 Å². The summed E-state index contributed by atoms with van der Waals surface area (Å²) >= 11 is 0. The van der Waals surface area contributed by atoms with E-state index in [0.717, 1.165) is 42.4 Å². The van der Waals surface area contributed by atoms with Gasteiger partial charge in [0.25, 0.3) is 0 Å². The quantitative estimate of drug-likeness (QED) is 0.872. The number of rotatable bonds is 5. The highest BCUT2D eigenvalue weighted by atomic mass is 16.6. The molecule has 1 N–H and O–H groups in total. The van der Waals surface area contributed by atoms with Crippen LogP contribution in [0.2, 0.25) is 0 Å². The van der Waals surface area contributed by atoms with E-state index in [0.29, 0.717) is 12.2 Å². The van der Waals surface area contributed by atoms with Gasteiger partial charge in [0.15, 0.2) is 5.78 Å². The summed E-state index contributed by atoms with van der Waals surface area (Å²) in [5, 5.41) is 11.1. The zero-order chi connectivity index (χ0) is 18.6. The third-order valence-corrected chi connectivity index (χ3v) is 6.51. The number of carbonyl (C=O) groups excluding carboxylic acids is 1. The maximum atomic E-state index is 13.5. The minimum absolute atomic E-state index is 0.0417. The van der Waals surface area contributed by atoms with Crippen LogP contribution in [0.15, 0.2) is 17.9 Å². The van der Waals surface area contributed by atoms with Crippen molar-refractivity contribution in [2.75, 3.05) is 13.7 Å². The van der Waals surface area contributed by atoms with Crippen LogP contribution in [0.1, 0.15) is 48.9 Å². The first-order valence-corrected chi connectivity index (χ1v) is 9.74. The number of methoxy groups -OCH3 is 1. The molecule has 1 aromatic carbocycles. The number of ketones is 1. The summed E-state index contributed by atoms with van der Waals surface area (Å²) in [5.41, 5.74) is 4.43. The number of hydrogen-bond donors (Lipinski definition) is 1. The Morgan fingerprint density at radius 1 is 1.27 bits per heavy atom. The van der Waals surface area contributed by atoms with Gasteiger partial charge in [-0.15, -0.1) is 0 Å². The second kappa shape index (κ2) is 6.21. The van der Waals surface area contributed by atoms with E-state index in [1.54, 1.807) is 7.11 Å². The predicted octanol–water partition coefficient (Wildman–Crippen LogP) is 3.78. The van der Waals surface area contributed by atoms with E-state index in [2.05, 4.69) is 32.9 Å². The number of Topliss-reactive ketones (excluding diaryl/α,β-unsaturated/α-hetero) is 1. The standard InChI is InChI=1S/C22H28O4/c1-5-13-9-12(3)10-14(6-2)16(13)18-20(23)17-15-7-8-22(26-15,11-25-4)19(17)21(18)24/h9-10,15,17,19,23H,5-8,11H2,1-4H3/t15-,17-,19+,22-/m0/s1. The molecule has 0 spiro atoms. The van der Waals surface area contributed by atoms with Crippen molar-refractivity contribution in [1.29, 1.82) is 0 Å². The normalized spacial score (nSPS) is 32.6. The molecule has 0 radical (unpaired) electrons. The Labute approximate surface area is 155 Å². The number of allylic oxidation sites excluding steroid dienone is 1. The lowest BCUT2D eigenvalue weighted by molar-refractivity contribution is -0.126. The maximum Gasteiger partial charge on any atom is 0.173 e. The van der Waals surface area contributed by atoms with Gasteiger partial charge >= 0.3 is 0 Å². The molecule has 2 heterocycles. The third kappa shape index (κ3) is 2.25. The van der Waals surface area contributed by atoms with Crippen molar-refractivity contribution in [1.82, 2.24) is 0 Å². The van der Waals surface area contributed by atoms with Crippen LogP contribution in [-0.4, -0.2) is 36.3 Å². The predicted molar refractivity (Wildman–Crippen MR) is 100 cm³/mol. The Morgan fingerprint density at radius 3 is 2.50 bits per heavy atom. The lowest BCUT2D eigenvalue weighted by Gasteiger charge is -2.31. The first-order valence-electron chi connectivity index (χ1n) is 9.74. The number of aliphatic hydroxyl groups is 1. The van der Waals surface area contributed by atoms with Crippen molar-refractivity contribution < 1.29 is 19.4 Å². The Hall–Kier alpha value is -1.65. The molecule has 4 nitrogen and oxygen atoms in total. The fourth-order valence-corrected chi connectivity index (χ4v) is 5.53. The molecule has 2 saturated heterocycles. The molecule has 2 bridgehead atoms. The first kappa shape index (κ1) is 17.7. The molecule has 140 valence electrons. The summed E-state index contributed by atoms with van der Waals surface area (Å²) in [6, 6.07) is 4.29. The van der Waals surface area contributed by atoms with Crippen molar-refractivity contribution in [2.24, 2.45) is 11.8 Å². The molecule has 1 aliphatic carbocycles. The van der Waals surface area contributed by atoms with E-state index in [9.17, 15) is 9.90 Å². The average molecular weight is 356 g/mol. The molecule has 0 amide bonds. The van der Waals surface area contributed by atoms with E-state index in [1.165, 1.54) is 5.56 Å². The largest absolute Gasteiger partial charge is 0.511 e. The molecule has 2 aliphatic heterocycles. The lowest BCUT2D eigenvalue weighted by Crippen LogP contribution is -2.44. The summed E-state index contributed by atoms with van der Waals surface area (Å²) in [5.74, 6) is -0.236. The van der Waals surface area contributed by atoms with Gasteiger partial charge in [-0.25, -0.2) is 0 Å². The molecule has 4 rings (SSSR count). The molecule has 0 saturated carbocycles. The highest BCUT2D eigenvalue weighted by Crippen LogP contribution is 2.59. The van der Waals surface area contributed by atoms with Crippen LogP contribution in [0.3, 0.4) is 0 Å². The number of hydrogen-bond acceptors (Lipinski definition) is 4. The van der Waals surface area contributed by atoms with Gasteiger partial charge in [0.2, 0.25) is 0 Å². The SMILES string of the molecule is CCc1cc(C)cc(CC)c1C1=C(O)[C@H]2[C@@H]3CC[C@@](COC)(O3)[C@H]2C1=O. The van der Waals surface area contributed by atoms with Crippen LogP contribution in [0.5, 0.6) is 0 Å². The first-order chi connectivity index (χ1) is 12.5. The van der Waals surface area contributed by atoms with Gasteiger partial charge in [-0.1, -0.05) is 31.5 Å². The molecule has 0 aromatic heterocycles. The Balaban J connectivity index is 1.86. The van der Waals surface area contributed by atoms with Crippen molar-refractivity contribution >= 4 is 11.4 Å². The molecule has 1 aromatic rings. The summed E-state index contributed by atoms with van der Waals surface area (Å²) in [6.45, 7) is 6.71.